The van der Waals surface area contributed by atoms with Crippen LogP contribution in [0.25, 0.3) is 6.08 Å². The van der Waals surface area contributed by atoms with Crippen molar-refractivity contribution in [3.05, 3.63) is 57.6 Å². The molecule has 2 aromatic carbocycles. The first-order valence-electron chi connectivity index (χ1n) is 7.83. The first kappa shape index (κ1) is 18.7. The number of carboxylic acid groups (broad SMARTS) is 1. The summed E-state index contributed by atoms with van der Waals surface area (Å²) in [6, 6.07) is 9.16. The maximum atomic E-state index is 12.8. The molecule has 3 rings (SSSR count). The number of phenols is 1. The lowest BCUT2D eigenvalue weighted by molar-refractivity contribution is -0.114. The van der Waals surface area contributed by atoms with Crippen molar-refractivity contribution < 1.29 is 24.5 Å². The third-order valence-electron chi connectivity index (χ3n) is 4.00. The highest BCUT2D eigenvalue weighted by atomic mass is 79.9. The second kappa shape index (κ2) is 7.24. The molecule has 138 valence electrons. The lowest BCUT2D eigenvalue weighted by Crippen LogP contribution is -2.21. The first-order chi connectivity index (χ1) is 12.8. The summed E-state index contributed by atoms with van der Waals surface area (Å²) in [5, 5.41) is 24.4. The van der Waals surface area contributed by atoms with E-state index in [9.17, 15) is 14.7 Å². The van der Waals surface area contributed by atoms with Gasteiger partial charge in [-0.3, -0.25) is 4.79 Å². The number of amides is 1. The predicted octanol–water partition coefficient (Wildman–Crippen LogP) is 3.67. The average Bonchev–Trinajstić information content (AvgIpc) is 2.92. The highest BCUT2D eigenvalue weighted by Crippen LogP contribution is 2.36. The molecule has 0 aromatic heterocycles. The Labute approximate surface area is 163 Å². The van der Waals surface area contributed by atoms with Gasteiger partial charge in [-0.05, 0) is 70.9 Å². The number of hydrogen-bond acceptors (Lipinski definition) is 5. The van der Waals surface area contributed by atoms with Crippen molar-refractivity contribution in [1.82, 2.24) is 0 Å². The summed E-state index contributed by atoms with van der Waals surface area (Å²) >= 11 is 3.25. The minimum atomic E-state index is -1.04. The predicted molar refractivity (Wildman–Crippen MR) is 104 cm³/mol. The summed E-state index contributed by atoms with van der Waals surface area (Å²) in [5.74, 6) is -1.12. The van der Waals surface area contributed by atoms with Gasteiger partial charge in [0.2, 0.25) is 0 Å². The number of hydrogen-bond donors (Lipinski definition) is 2. The molecule has 7 nitrogen and oxygen atoms in total. The van der Waals surface area contributed by atoms with E-state index in [1.165, 1.54) is 36.4 Å². The maximum Gasteiger partial charge on any atom is 0.335 e. The number of carbonyl (C=O) groups excluding carboxylic acids is 1. The lowest BCUT2D eigenvalue weighted by atomic mass is 10.1. The van der Waals surface area contributed by atoms with Crippen molar-refractivity contribution in [2.45, 2.75) is 6.92 Å². The van der Waals surface area contributed by atoms with Crippen molar-refractivity contribution in [1.29, 1.82) is 0 Å². The number of phenolic OH excluding ortho intramolecular Hbond substituents is 1. The number of hydrazone groups is 1. The first-order valence-corrected chi connectivity index (χ1v) is 8.62. The Bertz CT molecular complexity index is 996. The van der Waals surface area contributed by atoms with Gasteiger partial charge in [0.1, 0.15) is 0 Å². The van der Waals surface area contributed by atoms with Crippen molar-refractivity contribution in [2.24, 2.45) is 5.10 Å². The molecule has 0 unspecified atom stereocenters. The van der Waals surface area contributed by atoms with E-state index in [1.807, 2.05) is 0 Å². The molecule has 0 saturated carbocycles. The summed E-state index contributed by atoms with van der Waals surface area (Å²) < 4.78 is 5.56. The van der Waals surface area contributed by atoms with E-state index in [2.05, 4.69) is 21.0 Å². The molecular formula is C19H15BrN2O5. The number of benzene rings is 2. The van der Waals surface area contributed by atoms with E-state index in [1.54, 1.807) is 25.1 Å². The van der Waals surface area contributed by atoms with Crippen LogP contribution in [-0.4, -0.2) is 34.9 Å². The van der Waals surface area contributed by atoms with E-state index < -0.39 is 5.97 Å². The minimum Gasteiger partial charge on any atom is -0.503 e. The molecule has 2 aromatic rings. The van der Waals surface area contributed by atoms with Gasteiger partial charge in [-0.25, -0.2) is 4.79 Å². The van der Waals surface area contributed by atoms with Crippen LogP contribution in [-0.2, 0) is 4.79 Å². The number of anilines is 1. The number of carbonyl (C=O) groups is 2. The van der Waals surface area contributed by atoms with E-state index in [0.717, 1.165) is 0 Å². The average molecular weight is 431 g/mol. The Morgan fingerprint density at radius 3 is 2.52 bits per heavy atom. The summed E-state index contributed by atoms with van der Waals surface area (Å²) in [6.07, 6.45) is 1.65. The molecule has 0 bridgehead atoms. The van der Waals surface area contributed by atoms with Crippen LogP contribution < -0.4 is 9.75 Å². The van der Waals surface area contributed by atoms with Gasteiger partial charge in [-0.15, -0.1) is 0 Å². The number of aromatic hydroxyl groups is 1. The Balaban J connectivity index is 1.94. The Morgan fingerprint density at radius 1 is 1.26 bits per heavy atom. The molecule has 0 fully saturated rings. The summed E-state index contributed by atoms with van der Waals surface area (Å²) in [4.78, 5) is 23.7. The number of carboxylic acids is 1. The van der Waals surface area contributed by atoms with Crippen molar-refractivity contribution in [3.8, 4) is 11.5 Å². The molecule has 1 aliphatic heterocycles. The molecule has 1 heterocycles. The monoisotopic (exact) mass is 430 g/mol. The van der Waals surface area contributed by atoms with E-state index in [0.29, 0.717) is 27.0 Å². The number of aromatic carboxylic acids is 1. The van der Waals surface area contributed by atoms with Crippen molar-refractivity contribution in [3.63, 3.8) is 0 Å². The smallest absolute Gasteiger partial charge is 0.335 e. The fourth-order valence-corrected chi connectivity index (χ4v) is 3.06. The molecule has 1 amide bonds. The summed E-state index contributed by atoms with van der Waals surface area (Å²) in [5.41, 5.74) is 2.15. The second-order valence-corrected chi connectivity index (χ2v) is 6.62. The molecule has 2 N–H and O–H groups in total. The van der Waals surface area contributed by atoms with Gasteiger partial charge in [-0.2, -0.15) is 10.1 Å². The summed E-state index contributed by atoms with van der Waals surface area (Å²) in [7, 11) is 1.44. The molecule has 0 aliphatic carbocycles. The zero-order valence-corrected chi connectivity index (χ0v) is 16.0. The van der Waals surface area contributed by atoms with Crippen LogP contribution >= 0.6 is 15.9 Å². The number of halogens is 1. The van der Waals surface area contributed by atoms with Gasteiger partial charge in [0.15, 0.2) is 11.5 Å². The van der Waals surface area contributed by atoms with Crippen LogP contribution in [0.5, 0.6) is 11.5 Å². The lowest BCUT2D eigenvalue weighted by Gasteiger charge is -2.12. The van der Waals surface area contributed by atoms with E-state index >= 15 is 0 Å². The van der Waals surface area contributed by atoms with Gasteiger partial charge in [0.25, 0.3) is 5.91 Å². The Morgan fingerprint density at radius 2 is 1.93 bits per heavy atom. The molecule has 0 saturated heterocycles. The van der Waals surface area contributed by atoms with E-state index in [-0.39, 0.29) is 23.0 Å². The fourth-order valence-electron chi connectivity index (χ4n) is 2.60. The van der Waals surface area contributed by atoms with Crippen LogP contribution in [0.2, 0.25) is 0 Å². The number of nitrogens with zero attached hydrogens (tertiary/aromatic N) is 2. The van der Waals surface area contributed by atoms with Gasteiger partial charge in [0, 0.05) is 0 Å². The van der Waals surface area contributed by atoms with E-state index in [4.69, 9.17) is 9.84 Å². The SMILES string of the molecule is COc1cc(/C=C2\C(=O)N(c3ccc(C(=O)O)cc3)N=C2C)cc(Br)c1O. The Kier molecular flexibility index (Phi) is 5.00. The quantitative estimate of drug-likeness (QED) is 0.720. The van der Waals surface area contributed by atoms with Crippen molar-refractivity contribution in [2.75, 3.05) is 12.1 Å². The normalized spacial score (nSPS) is 15.2. The highest BCUT2D eigenvalue weighted by Gasteiger charge is 2.29. The van der Waals surface area contributed by atoms with Crippen LogP contribution in [0, 0.1) is 0 Å². The van der Waals surface area contributed by atoms with Gasteiger partial charge in [-0.1, -0.05) is 0 Å². The summed E-state index contributed by atoms with van der Waals surface area (Å²) in [6.45, 7) is 1.71. The third kappa shape index (κ3) is 3.56. The van der Waals surface area contributed by atoms with Crippen LogP contribution in [0.1, 0.15) is 22.8 Å². The molecule has 0 spiro atoms. The Hall–Kier alpha value is -3.13. The largest absolute Gasteiger partial charge is 0.503 e. The fraction of sp³-hybridized carbons (Fsp3) is 0.105. The minimum absolute atomic E-state index is 0.0251. The topological polar surface area (TPSA) is 99.4 Å². The van der Waals surface area contributed by atoms with Crippen LogP contribution in [0.15, 0.2) is 51.5 Å². The standard InChI is InChI=1S/C19H15BrN2O5/c1-10-14(7-11-8-15(20)17(23)16(9-11)27-2)18(24)22(21-10)13-5-3-12(4-6-13)19(25)26/h3-9,23H,1-2H3,(H,25,26)/b14-7-. The zero-order valence-electron chi connectivity index (χ0n) is 14.4. The highest BCUT2D eigenvalue weighted by molar-refractivity contribution is 9.10. The zero-order chi connectivity index (χ0) is 19.7. The molecule has 0 atom stereocenters. The molecular weight excluding hydrogens is 416 g/mol. The van der Waals surface area contributed by atoms with Gasteiger partial charge >= 0.3 is 5.97 Å². The van der Waals surface area contributed by atoms with Crippen molar-refractivity contribution >= 4 is 45.3 Å². The molecule has 0 radical (unpaired) electrons. The second-order valence-electron chi connectivity index (χ2n) is 5.77. The molecule has 8 heteroatoms. The van der Waals surface area contributed by atoms with Gasteiger partial charge < -0.3 is 14.9 Å². The number of methoxy groups -OCH3 is 1. The maximum absolute atomic E-state index is 12.8. The third-order valence-corrected chi connectivity index (χ3v) is 4.61. The van der Waals surface area contributed by atoms with Crippen LogP contribution in [0.3, 0.4) is 0 Å². The number of rotatable bonds is 4. The molecule has 27 heavy (non-hydrogen) atoms. The van der Waals surface area contributed by atoms with Crippen LogP contribution in [0.4, 0.5) is 5.69 Å². The molecule has 1 aliphatic rings. The van der Waals surface area contributed by atoms with Gasteiger partial charge in [0.05, 0.1) is 34.1 Å². The number of ether oxygens (including phenoxy) is 1.